The second kappa shape index (κ2) is 8.72. The van der Waals surface area contributed by atoms with Gasteiger partial charge in [0.15, 0.2) is 0 Å². The van der Waals surface area contributed by atoms with Gasteiger partial charge in [0.05, 0.1) is 24.6 Å². The van der Waals surface area contributed by atoms with Gasteiger partial charge in [0, 0.05) is 23.9 Å². The number of para-hydroxylation sites is 2. The molecule has 0 radical (unpaired) electrons. The molecule has 4 aromatic rings. The number of methoxy groups -OCH3 is 2. The molecule has 0 aliphatic rings. The fourth-order valence-corrected chi connectivity index (χ4v) is 3.97. The number of hydrogen-bond donors (Lipinski definition) is 1. The van der Waals surface area contributed by atoms with Crippen LogP contribution >= 0.6 is 0 Å². The Morgan fingerprint density at radius 1 is 0.844 bits per heavy atom. The topological polar surface area (TPSA) is 105 Å². The molecule has 0 amide bonds. The zero-order valence-corrected chi connectivity index (χ0v) is 18.6. The Morgan fingerprint density at radius 3 is 2.03 bits per heavy atom. The van der Waals surface area contributed by atoms with Crippen molar-refractivity contribution in [3.63, 3.8) is 0 Å². The smallest absolute Gasteiger partial charge is 0.202 e. The lowest BCUT2D eigenvalue weighted by Gasteiger charge is -2.21. The summed E-state index contributed by atoms with van der Waals surface area (Å²) in [6.45, 7) is 1.88. The van der Waals surface area contributed by atoms with Gasteiger partial charge in [-0.05, 0) is 36.5 Å². The highest BCUT2D eigenvalue weighted by Crippen LogP contribution is 2.36. The number of sulfonamides is 1. The second-order valence-electron chi connectivity index (χ2n) is 6.99. The Kier molecular flexibility index (Phi) is 5.83. The Hall–Kier alpha value is -3.85. The van der Waals surface area contributed by atoms with Crippen LogP contribution in [0.4, 0.5) is 17.3 Å². The maximum absolute atomic E-state index is 13.0. The molecule has 0 saturated heterocycles. The van der Waals surface area contributed by atoms with Crippen LogP contribution < -0.4 is 14.8 Å². The molecule has 0 unspecified atom stereocenters. The molecule has 3 aromatic carbocycles. The van der Waals surface area contributed by atoms with Crippen molar-refractivity contribution >= 4 is 38.4 Å². The largest absolute Gasteiger partial charge is 0.497 e. The van der Waals surface area contributed by atoms with E-state index in [0.29, 0.717) is 28.2 Å². The third-order valence-corrected chi connectivity index (χ3v) is 5.97. The fourth-order valence-electron chi connectivity index (χ4n) is 3.03. The zero-order chi connectivity index (χ0) is 22.7. The summed E-state index contributed by atoms with van der Waals surface area (Å²) in [5.74, 6) is 1.26. The molecular weight excluding hydrogens is 428 g/mol. The van der Waals surface area contributed by atoms with Gasteiger partial charge in [-0.15, -0.1) is 0 Å². The van der Waals surface area contributed by atoms with Crippen molar-refractivity contribution in [2.45, 2.75) is 11.8 Å². The molecule has 0 atom stereocenters. The van der Waals surface area contributed by atoms with Gasteiger partial charge in [0.2, 0.25) is 10.0 Å². The minimum absolute atomic E-state index is 0.0499. The third kappa shape index (κ3) is 4.57. The Bertz CT molecular complexity index is 1350. The van der Waals surface area contributed by atoms with Crippen molar-refractivity contribution in [3.05, 3.63) is 77.0 Å². The van der Waals surface area contributed by atoms with Crippen molar-refractivity contribution in [1.82, 2.24) is 9.97 Å². The number of aryl methyl sites for hydroxylation is 1. The highest BCUT2D eigenvalue weighted by Gasteiger charge is 2.13. The van der Waals surface area contributed by atoms with Crippen molar-refractivity contribution in [2.24, 2.45) is 0 Å². The normalized spacial score (nSPS) is 11.2. The van der Waals surface area contributed by atoms with Gasteiger partial charge in [-0.25, -0.2) is 13.4 Å². The number of hydrogen-bond acceptors (Lipinski definition) is 7. The molecule has 0 fully saturated rings. The van der Waals surface area contributed by atoms with Crippen LogP contribution in [0.1, 0.15) is 5.56 Å². The third-order valence-electron chi connectivity index (χ3n) is 4.69. The van der Waals surface area contributed by atoms with E-state index in [1.807, 2.05) is 13.0 Å². The van der Waals surface area contributed by atoms with Gasteiger partial charge in [-0.2, -0.15) is 0 Å². The first-order chi connectivity index (χ1) is 15.4. The predicted molar refractivity (Wildman–Crippen MR) is 124 cm³/mol. The molecule has 0 spiro atoms. The number of nitrogens with one attached hydrogen (secondary N) is 1. The number of fused-ring (bicyclic) bond motifs is 1. The summed E-state index contributed by atoms with van der Waals surface area (Å²) in [5.41, 5.74) is 2.65. The average Bonchev–Trinajstić information content (AvgIpc) is 2.79. The van der Waals surface area contributed by atoms with Crippen LogP contribution in [-0.4, -0.2) is 32.6 Å². The number of benzene rings is 3. The number of rotatable bonds is 7. The lowest BCUT2D eigenvalue weighted by molar-refractivity contribution is 0.395. The van der Waals surface area contributed by atoms with E-state index in [-0.39, 0.29) is 16.5 Å². The molecule has 1 aromatic heterocycles. The number of nitrogens with zero attached hydrogens (tertiary/aromatic N) is 3. The van der Waals surface area contributed by atoms with Crippen LogP contribution in [0, 0.1) is 6.92 Å². The van der Waals surface area contributed by atoms with Crippen molar-refractivity contribution < 1.29 is 17.9 Å². The van der Waals surface area contributed by atoms with Gasteiger partial charge >= 0.3 is 0 Å². The van der Waals surface area contributed by atoms with Crippen LogP contribution in [0.25, 0.3) is 15.8 Å². The second-order valence-corrected chi connectivity index (χ2v) is 8.59. The monoisotopic (exact) mass is 449 g/mol. The summed E-state index contributed by atoms with van der Waals surface area (Å²) in [4.78, 5) is 9.09. The Balaban J connectivity index is 1.78. The molecule has 1 heterocycles. The Morgan fingerprint density at radius 2 is 1.44 bits per heavy atom. The fraction of sp³-hybridized carbons (Fsp3) is 0.130. The number of ether oxygens (including phenoxy) is 2. The van der Waals surface area contributed by atoms with Gasteiger partial charge < -0.3 is 24.5 Å². The molecule has 0 aliphatic carbocycles. The molecule has 0 saturated carbocycles. The molecule has 0 bridgehead atoms. The van der Waals surface area contributed by atoms with E-state index >= 15 is 0 Å². The van der Waals surface area contributed by atoms with Gasteiger partial charge in [-0.1, -0.05) is 35.9 Å². The standard InChI is InChI=1S/C23H21N4O4S/c1-15-8-10-19(11-9-15)32(28,29)27-23-22(25-20-6-4-5-7-21(20)26-23)24-16-12-17(30-2)14-18(13-16)31-3/h4-14H,1-3H3,(H-,24,25,26,27)/q-1. The van der Waals surface area contributed by atoms with Gasteiger partial charge in [-0.3, -0.25) is 0 Å². The summed E-state index contributed by atoms with van der Waals surface area (Å²) in [5, 5.41) is 3.11. The van der Waals surface area contributed by atoms with E-state index in [4.69, 9.17) is 9.47 Å². The molecule has 8 nitrogen and oxygen atoms in total. The highest BCUT2D eigenvalue weighted by atomic mass is 32.2. The summed E-state index contributed by atoms with van der Waals surface area (Å²) in [7, 11) is -0.916. The highest BCUT2D eigenvalue weighted by molar-refractivity contribution is 7.94. The van der Waals surface area contributed by atoms with E-state index < -0.39 is 10.0 Å². The first kappa shape index (κ1) is 21.4. The minimum atomic E-state index is -4.01. The molecule has 9 heteroatoms. The van der Waals surface area contributed by atoms with Crippen LogP contribution in [0.15, 0.2) is 71.6 Å². The van der Waals surface area contributed by atoms with Crippen LogP contribution in [-0.2, 0) is 10.0 Å². The molecule has 0 aliphatic heterocycles. The average molecular weight is 450 g/mol. The first-order valence-corrected chi connectivity index (χ1v) is 11.1. The summed E-state index contributed by atoms with van der Waals surface area (Å²) < 4.78 is 40.5. The molecular formula is C23H21N4O4S-. The van der Waals surface area contributed by atoms with E-state index in [0.717, 1.165) is 5.56 Å². The minimum Gasteiger partial charge on any atom is -0.497 e. The molecule has 32 heavy (non-hydrogen) atoms. The number of anilines is 2. The van der Waals surface area contributed by atoms with Gasteiger partial charge in [0.25, 0.3) is 0 Å². The van der Waals surface area contributed by atoms with E-state index in [2.05, 4.69) is 20.0 Å². The molecule has 1 N–H and O–H groups in total. The first-order valence-electron chi connectivity index (χ1n) is 9.69. The number of aromatic nitrogens is 2. The van der Waals surface area contributed by atoms with E-state index in [1.165, 1.54) is 12.1 Å². The van der Waals surface area contributed by atoms with Crippen LogP contribution in [0.3, 0.4) is 0 Å². The van der Waals surface area contributed by atoms with Crippen molar-refractivity contribution in [1.29, 1.82) is 0 Å². The van der Waals surface area contributed by atoms with Crippen LogP contribution in [0.2, 0.25) is 0 Å². The summed E-state index contributed by atoms with van der Waals surface area (Å²) in [6, 6.07) is 18.8. The SMILES string of the molecule is COc1cc(Nc2nc3ccccc3nc2[N-]S(=O)(=O)c2ccc(C)cc2)cc(OC)c1. The quantitative estimate of drug-likeness (QED) is 0.419. The predicted octanol–water partition coefficient (Wildman–Crippen LogP) is 5.09. The maximum atomic E-state index is 13.0. The van der Waals surface area contributed by atoms with Gasteiger partial charge in [0.1, 0.15) is 17.3 Å². The lowest BCUT2D eigenvalue weighted by Crippen LogP contribution is -2.03. The van der Waals surface area contributed by atoms with Crippen LogP contribution in [0.5, 0.6) is 11.5 Å². The van der Waals surface area contributed by atoms with Crippen molar-refractivity contribution in [2.75, 3.05) is 19.5 Å². The van der Waals surface area contributed by atoms with E-state index in [9.17, 15) is 8.42 Å². The molecule has 164 valence electrons. The lowest BCUT2D eigenvalue weighted by atomic mass is 10.2. The Labute approximate surface area is 186 Å². The molecule has 4 rings (SSSR count). The maximum Gasteiger partial charge on any atom is 0.202 e. The van der Waals surface area contributed by atoms with E-state index in [1.54, 1.807) is 62.8 Å². The summed E-state index contributed by atoms with van der Waals surface area (Å²) >= 11 is 0. The van der Waals surface area contributed by atoms with Crippen molar-refractivity contribution in [3.8, 4) is 11.5 Å². The zero-order valence-electron chi connectivity index (χ0n) is 17.7. The summed E-state index contributed by atoms with van der Waals surface area (Å²) in [6.07, 6.45) is 0.